The summed E-state index contributed by atoms with van der Waals surface area (Å²) in [5, 5.41) is 6.29. The number of carbonyl (C=O) groups is 2. The van der Waals surface area contributed by atoms with Crippen LogP contribution in [-0.4, -0.2) is 23.3 Å². The van der Waals surface area contributed by atoms with Crippen molar-refractivity contribution >= 4 is 29.1 Å². The van der Waals surface area contributed by atoms with E-state index in [4.69, 9.17) is 11.6 Å². The molecule has 0 fully saturated rings. The van der Waals surface area contributed by atoms with Crippen LogP contribution in [0.3, 0.4) is 0 Å². The van der Waals surface area contributed by atoms with Crippen LogP contribution in [0.15, 0.2) is 73.1 Å². The maximum Gasteiger partial charge on any atom is 0.257 e. The molecule has 0 saturated carbocycles. The van der Waals surface area contributed by atoms with E-state index in [1.54, 1.807) is 12.1 Å². The quantitative estimate of drug-likeness (QED) is 0.681. The number of benzene rings is 2. The van der Waals surface area contributed by atoms with Crippen molar-refractivity contribution in [2.75, 3.05) is 11.9 Å². The Labute approximate surface area is 162 Å². The van der Waals surface area contributed by atoms with Crippen molar-refractivity contribution in [2.24, 2.45) is 0 Å². The number of nitrogens with zero attached hydrogens (tertiary/aromatic N) is 1. The van der Waals surface area contributed by atoms with Crippen LogP contribution in [0.25, 0.3) is 0 Å². The summed E-state index contributed by atoms with van der Waals surface area (Å²) < 4.78 is 0. The van der Waals surface area contributed by atoms with Crippen molar-refractivity contribution < 1.29 is 9.59 Å². The van der Waals surface area contributed by atoms with Crippen molar-refractivity contribution in [3.05, 3.63) is 94.8 Å². The second-order valence-electron chi connectivity index (χ2n) is 5.91. The average molecular weight is 380 g/mol. The number of para-hydroxylation sites is 1. The highest BCUT2D eigenvalue weighted by molar-refractivity contribution is 6.30. The van der Waals surface area contributed by atoms with Crippen LogP contribution in [0.1, 0.15) is 26.3 Å². The van der Waals surface area contributed by atoms with Crippen LogP contribution in [0, 0.1) is 0 Å². The normalized spacial score (nSPS) is 10.3. The van der Waals surface area contributed by atoms with E-state index >= 15 is 0 Å². The minimum Gasteiger partial charge on any atom is -0.352 e. The lowest BCUT2D eigenvalue weighted by Gasteiger charge is -2.08. The van der Waals surface area contributed by atoms with Crippen molar-refractivity contribution in [2.45, 2.75) is 6.42 Å². The fourth-order valence-corrected chi connectivity index (χ4v) is 2.61. The summed E-state index contributed by atoms with van der Waals surface area (Å²) in [6, 6.07) is 18.1. The van der Waals surface area contributed by atoms with E-state index < -0.39 is 0 Å². The summed E-state index contributed by atoms with van der Waals surface area (Å²) in [6.45, 7) is 0.473. The monoisotopic (exact) mass is 379 g/mol. The minimum atomic E-state index is -0.315. The van der Waals surface area contributed by atoms with Gasteiger partial charge in [0.05, 0.1) is 11.1 Å². The average Bonchev–Trinajstić information content (AvgIpc) is 2.70. The zero-order valence-electron chi connectivity index (χ0n) is 14.5. The van der Waals surface area contributed by atoms with E-state index in [2.05, 4.69) is 15.6 Å². The summed E-state index contributed by atoms with van der Waals surface area (Å²) in [7, 11) is 0. The molecular formula is C21H18ClN3O2. The maximum atomic E-state index is 12.3. The summed E-state index contributed by atoms with van der Waals surface area (Å²) >= 11 is 5.86. The van der Waals surface area contributed by atoms with E-state index in [1.807, 2.05) is 42.5 Å². The van der Waals surface area contributed by atoms with E-state index in [-0.39, 0.29) is 11.8 Å². The number of pyridine rings is 1. The Morgan fingerprint density at radius 2 is 1.56 bits per heavy atom. The fraction of sp³-hybridized carbons (Fsp3) is 0.0952. The fourth-order valence-electron chi connectivity index (χ4n) is 2.49. The molecule has 6 heteroatoms. The Balaban J connectivity index is 1.58. The van der Waals surface area contributed by atoms with Gasteiger partial charge < -0.3 is 10.6 Å². The molecule has 3 rings (SSSR count). The molecular weight excluding hydrogens is 362 g/mol. The molecule has 136 valence electrons. The van der Waals surface area contributed by atoms with Crippen LogP contribution >= 0.6 is 11.6 Å². The smallest absolute Gasteiger partial charge is 0.257 e. The van der Waals surface area contributed by atoms with Gasteiger partial charge in [0.25, 0.3) is 11.8 Å². The van der Waals surface area contributed by atoms with Crippen molar-refractivity contribution in [1.29, 1.82) is 0 Å². The molecule has 2 N–H and O–H groups in total. The molecule has 0 aliphatic rings. The SMILES string of the molecule is O=C(NCCc1ccc(Cl)cc1)c1cncc(C(=O)Nc2ccccc2)c1. The van der Waals surface area contributed by atoms with Crippen LogP contribution in [0.5, 0.6) is 0 Å². The lowest BCUT2D eigenvalue weighted by molar-refractivity contribution is 0.0953. The Kier molecular flexibility index (Phi) is 6.18. The topological polar surface area (TPSA) is 71.1 Å². The molecule has 2 amide bonds. The molecule has 0 spiro atoms. The molecule has 0 unspecified atom stereocenters. The van der Waals surface area contributed by atoms with E-state index in [0.29, 0.717) is 34.8 Å². The number of hydrogen-bond acceptors (Lipinski definition) is 3. The standard InChI is InChI=1S/C21H18ClN3O2/c22-18-8-6-15(7-9-18)10-11-24-20(26)16-12-17(14-23-13-16)21(27)25-19-4-2-1-3-5-19/h1-9,12-14H,10-11H2,(H,24,26)(H,25,27). The van der Waals surface area contributed by atoms with Crippen molar-refractivity contribution in [1.82, 2.24) is 10.3 Å². The number of aromatic nitrogens is 1. The van der Waals surface area contributed by atoms with Gasteiger partial charge in [-0.1, -0.05) is 41.9 Å². The first-order valence-corrected chi connectivity index (χ1v) is 8.84. The van der Waals surface area contributed by atoms with Gasteiger partial charge in [0, 0.05) is 29.6 Å². The van der Waals surface area contributed by atoms with Gasteiger partial charge in [0.15, 0.2) is 0 Å². The number of amides is 2. The predicted molar refractivity (Wildman–Crippen MR) is 106 cm³/mol. The van der Waals surface area contributed by atoms with Gasteiger partial charge in [-0.2, -0.15) is 0 Å². The van der Waals surface area contributed by atoms with Crippen LogP contribution in [0.4, 0.5) is 5.69 Å². The van der Waals surface area contributed by atoms with Gasteiger partial charge in [0.1, 0.15) is 0 Å². The predicted octanol–water partition coefficient (Wildman–Crippen LogP) is 3.96. The summed E-state index contributed by atoms with van der Waals surface area (Å²) in [5.41, 5.74) is 2.42. The largest absolute Gasteiger partial charge is 0.352 e. The second-order valence-corrected chi connectivity index (χ2v) is 6.35. The first kappa shape index (κ1) is 18.6. The second kappa shape index (κ2) is 8.96. The Morgan fingerprint density at radius 1 is 0.889 bits per heavy atom. The maximum absolute atomic E-state index is 12.3. The third kappa shape index (κ3) is 5.39. The minimum absolute atomic E-state index is 0.272. The Hall–Kier alpha value is -3.18. The van der Waals surface area contributed by atoms with Gasteiger partial charge in [-0.3, -0.25) is 14.6 Å². The molecule has 1 heterocycles. The Bertz CT molecular complexity index is 928. The highest BCUT2D eigenvalue weighted by Gasteiger charge is 2.11. The van der Waals surface area contributed by atoms with Gasteiger partial charge in [-0.25, -0.2) is 0 Å². The van der Waals surface area contributed by atoms with Gasteiger partial charge in [-0.05, 0) is 42.3 Å². The van der Waals surface area contributed by atoms with E-state index in [0.717, 1.165) is 5.56 Å². The number of nitrogens with one attached hydrogen (secondary N) is 2. The van der Waals surface area contributed by atoms with Crippen LogP contribution in [0.2, 0.25) is 5.02 Å². The number of hydrogen-bond donors (Lipinski definition) is 2. The highest BCUT2D eigenvalue weighted by atomic mass is 35.5. The Morgan fingerprint density at radius 3 is 2.26 bits per heavy atom. The zero-order valence-corrected chi connectivity index (χ0v) is 15.2. The molecule has 1 aromatic heterocycles. The molecule has 27 heavy (non-hydrogen) atoms. The highest BCUT2D eigenvalue weighted by Crippen LogP contribution is 2.11. The van der Waals surface area contributed by atoms with Crippen molar-refractivity contribution in [3.8, 4) is 0 Å². The van der Waals surface area contributed by atoms with E-state index in [9.17, 15) is 9.59 Å². The van der Waals surface area contributed by atoms with Crippen molar-refractivity contribution in [3.63, 3.8) is 0 Å². The number of anilines is 1. The van der Waals surface area contributed by atoms with Gasteiger partial charge >= 0.3 is 0 Å². The molecule has 3 aromatic rings. The summed E-state index contributed by atoms with van der Waals surface area (Å²) in [5.74, 6) is -0.588. The summed E-state index contributed by atoms with van der Waals surface area (Å²) in [4.78, 5) is 28.6. The number of halogens is 1. The lowest BCUT2D eigenvalue weighted by atomic mass is 10.1. The van der Waals surface area contributed by atoms with Crippen LogP contribution in [-0.2, 0) is 6.42 Å². The summed E-state index contributed by atoms with van der Waals surface area (Å²) in [6.07, 6.45) is 3.56. The van der Waals surface area contributed by atoms with Gasteiger partial charge in [-0.15, -0.1) is 0 Å². The third-order valence-corrected chi connectivity index (χ3v) is 4.16. The molecule has 0 aliphatic carbocycles. The number of carbonyl (C=O) groups excluding carboxylic acids is 2. The first-order valence-electron chi connectivity index (χ1n) is 8.46. The molecule has 0 aliphatic heterocycles. The zero-order chi connectivity index (χ0) is 19.1. The molecule has 0 saturated heterocycles. The molecule has 0 radical (unpaired) electrons. The van der Waals surface area contributed by atoms with Gasteiger partial charge in [0.2, 0.25) is 0 Å². The molecule has 2 aromatic carbocycles. The molecule has 5 nitrogen and oxygen atoms in total. The lowest BCUT2D eigenvalue weighted by Crippen LogP contribution is -2.26. The van der Waals surface area contributed by atoms with Crippen LogP contribution < -0.4 is 10.6 Å². The van der Waals surface area contributed by atoms with E-state index in [1.165, 1.54) is 18.5 Å². The number of rotatable bonds is 6. The molecule has 0 atom stereocenters. The first-order chi connectivity index (χ1) is 13.1. The molecule has 0 bridgehead atoms. The third-order valence-electron chi connectivity index (χ3n) is 3.91.